The van der Waals surface area contributed by atoms with E-state index in [2.05, 4.69) is 14.7 Å². The second-order valence-corrected chi connectivity index (χ2v) is 10.4. The molecule has 0 radical (unpaired) electrons. The number of carbonyl (C=O) groups excluding carboxylic acids is 1. The number of aliphatic hydroxyl groups is 1. The van der Waals surface area contributed by atoms with Crippen LogP contribution in [0.15, 0.2) is 30.3 Å². The highest BCUT2D eigenvalue weighted by Crippen LogP contribution is 2.32. The summed E-state index contributed by atoms with van der Waals surface area (Å²) in [5.41, 5.74) is 2.15. The molecule has 1 N–H and O–H groups in total. The molecule has 9 nitrogen and oxygen atoms in total. The molecule has 0 aliphatic heterocycles. The summed E-state index contributed by atoms with van der Waals surface area (Å²) in [7, 11) is 0.461. The minimum Gasteiger partial charge on any atom is -0.469 e. The molecule has 0 saturated carbocycles. The zero-order valence-corrected chi connectivity index (χ0v) is 21.5. The smallest absolute Gasteiger partial charge is 0.308 e. The Balaban J connectivity index is 2.61. The molecule has 0 amide bonds. The van der Waals surface area contributed by atoms with Gasteiger partial charge in [-0.3, -0.25) is 4.79 Å². The number of benzene rings is 1. The summed E-state index contributed by atoms with van der Waals surface area (Å²) in [5.74, 6) is -1.08. The number of hydrogen-bond donors (Lipinski definition) is 1. The third-order valence-corrected chi connectivity index (χ3v) is 6.48. The zero-order chi connectivity index (χ0) is 26.3. The van der Waals surface area contributed by atoms with Crippen LogP contribution in [0.4, 0.5) is 10.3 Å². The maximum atomic E-state index is 13.6. The molecular weight excluding hydrogens is 477 g/mol. The summed E-state index contributed by atoms with van der Waals surface area (Å²) < 4.78 is 48.9. The second-order valence-electron chi connectivity index (χ2n) is 8.37. The van der Waals surface area contributed by atoms with Crippen molar-refractivity contribution in [1.29, 1.82) is 0 Å². The highest BCUT2D eigenvalue weighted by atomic mass is 32.2. The van der Waals surface area contributed by atoms with Crippen molar-refractivity contribution in [2.45, 2.75) is 44.8 Å². The number of aromatic nitrogens is 2. The molecule has 0 fully saturated rings. The van der Waals surface area contributed by atoms with Crippen LogP contribution in [-0.4, -0.2) is 69.2 Å². The standard InChI is InChI=1S/C24H32FN3O6S/c1-15(2)22-20(12-11-19(33-4)13-18(29)14-21(30)34-5)23(16-7-9-17(25)10-8-16)27-24(26-22)28(3)35(6,31)32/h7-12,15,18-19,29H,13-14H2,1-6H3/b12-11+/t18-,19?/m1/s1. The van der Waals surface area contributed by atoms with Gasteiger partial charge in [-0.2, -0.15) is 0 Å². The van der Waals surface area contributed by atoms with Gasteiger partial charge in [0.25, 0.3) is 0 Å². The molecule has 1 aromatic heterocycles. The Morgan fingerprint density at radius 1 is 1.20 bits per heavy atom. The number of methoxy groups -OCH3 is 2. The molecule has 192 valence electrons. The number of aliphatic hydroxyl groups excluding tert-OH is 1. The fourth-order valence-electron chi connectivity index (χ4n) is 3.28. The number of anilines is 1. The van der Waals surface area contributed by atoms with Crippen LogP contribution in [0, 0.1) is 5.82 Å². The summed E-state index contributed by atoms with van der Waals surface area (Å²) >= 11 is 0. The predicted octanol–water partition coefficient (Wildman–Crippen LogP) is 3.14. The summed E-state index contributed by atoms with van der Waals surface area (Å²) in [6, 6.07) is 5.69. The van der Waals surface area contributed by atoms with Crippen LogP contribution in [0.1, 0.15) is 43.9 Å². The molecule has 1 aromatic carbocycles. The predicted molar refractivity (Wildman–Crippen MR) is 132 cm³/mol. The van der Waals surface area contributed by atoms with Crippen LogP contribution in [0.2, 0.25) is 0 Å². The minimum atomic E-state index is -3.63. The van der Waals surface area contributed by atoms with Crippen LogP contribution >= 0.6 is 0 Å². The number of rotatable bonds is 11. The van der Waals surface area contributed by atoms with Gasteiger partial charge in [-0.1, -0.05) is 26.0 Å². The first-order chi connectivity index (χ1) is 16.4. The van der Waals surface area contributed by atoms with Crippen molar-refractivity contribution in [2.75, 3.05) is 31.8 Å². The highest BCUT2D eigenvalue weighted by molar-refractivity contribution is 7.92. The molecule has 1 unspecified atom stereocenters. The van der Waals surface area contributed by atoms with Gasteiger partial charge in [0.15, 0.2) is 0 Å². The first-order valence-corrected chi connectivity index (χ1v) is 12.8. The topological polar surface area (TPSA) is 119 Å². The molecule has 35 heavy (non-hydrogen) atoms. The zero-order valence-electron chi connectivity index (χ0n) is 20.7. The maximum Gasteiger partial charge on any atom is 0.308 e. The van der Waals surface area contributed by atoms with Gasteiger partial charge in [0, 0.05) is 31.7 Å². The van der Waals surface area contributed by atoms with Gasteiger partial charge in [-0.15, -0.1) is 0 Å². The highest BCUT2D eigenvalue weighted by Gasteiger charge is 2.23. The average molecular weight is 510 g/mol. The van der Waals surface area contributed by atoms with E-state index in [1.165, 1.54) is 33.4 Å². The molecule has 0 aliphatic carbocycles. The Hall–Kier alpha value is -2.89. The third kappa shape index (κ3) is 7.81. The number of hydrogen-bond acceptors (Lipinski definition) is 8. The van der Waals surface area contributed by atoms with E-state index in [1.807, 2.05) is 13.8 Å². The van der Waals surface area contributed by atoms with E-state index in [0.29, 0.717) is 22.5 Å². The number of nitrogens with zero attached hydrogens (tertiary/aromatic N) is 3. The van der Waals surface area contributed by atoms with Crippen LogP contribution < -0.4 is 4.31 Å². The molecule has 1 heterocycles. The van der Waals surface area contributed by atoms with Gasteiger partial charge in [0.2, 0.25) is 16.0 Å². The summed E-state index contributed by atoms with van der Waals surface area (Å²) in [6.07, 6.45) is 2.95. The lowest BCUT2D eigenvalue weighted by Gasteiger charge is -2.21. The van der Waals surface area contributed by atoms with Gasteiger partial charge in [-0.05, 0) is 30.2 Å². The molecule has 2 aromatic rings. The van der Waals surface area contributed by atoms with Gasteiger partial charge >= 0.3 is 5.97 Å². The molecule has 0 saturated heterocycles. The molecular formula is C24H32FN3O6S. The van der Waals surface area contributed by atoms with E-state index in [-0.39, 0.29) is 24.7 Å². The molecule has 2 atom stereocenters. The molecule has 2 rings (SSSR count). The van der Waals surface area contributed by atoms with E-state index in [1.54, 1.807) is 24.3 Å². The number of sulfonamides is 1. The average Bonchev–Trinajstić information content (AvgIpc) is 2.80. The van der Waals surface area contributed by atoms with E-state index < -0.39 is 34.0 Å². The van der Waals surface area contributed by atoms with Crippen molar-refractivity contribution in [1.82, 2.24) is 9.97 Å². The van der Waals surface area contributed by atoms with E-state index in [9.17, 15) is 22.7 Å². The van der Waals surface area contributed by atoms with Crippen molar-refractivity contribution in [2.24, 2.45) is 0 Å². The fraction of sp³-hybridized carbons (Fsp3) is 0.458. The Kier molecular flexibility index (Phi) is 9.87. The Morgan fingerprint density at radius 2 is 1.83 bits per heavy atom. The van der Waals surface area contributed by atoms with Crippen LogP contribution in [0.25, 0.3) is 17.3 Å². The third-order valence-electron chi connectivity index (χ3n) is 5.32. The monoisotopic (exact) mass is 509 g/mol. The lowest BCUT2D eigenvalue weighted by atomic mass is 9.97. The largest absolute Gasteiger partial charge is 0.469 e. The van der Waals surface area contributed by atoms with E-state index in [0.717, 1.165) is 10.6 Å². The number of halogens is 1. The van der Waals surface area contributed by atoms with Gasteiger partial charge in [-0.25, -0.2) is 27.1 Å². The summed E-state index contributed by atoms with van der Waals surface area (Å²) in [6.45, 7) is 3.82. The summed E-state index contributed by atoms with van der Waals surface area (Å²) in [4.78, 5) is 20.5. The quantitative estimate of drug-likeness (QED) is 0.459. The molecule has 0 spiro atoms. The van der Waals surface area contributed by atoms with E-state index in [4.69, 9.17) is 4.74 Å². The molecule has 0 aliphatic rings. The van der Waals surface area contributed by atoms with E-state index >= 15 is 0 Å². The SMILES string of the molecule is COC(=O)C[C@H](O)CC(/C=C/c1c(-c2ccc(F)cc2)nc(N(C)S(C)(=O)=O)nc1C(C)C)OC. The maximum absolute atomic E-state index is 13.6. The Morgan fingerprint density at radius 3 is 2.34 bits per heavy atom. The lowest BCUT2D eigenvalue weighted by molar-refractivity contribution is -0.143. The molecule has 11 heteroatoms. The number of ether oxygens (including phenoxy) is 2. The van der Waals surface area contributed by atoms with Gasteiger partial charge in [0.05, 0.1) is 43.4 Å². The minimum absolute atomic E-state index is 0.00975. The first-order valence-electron chi connectivity index (χ1n) is 10.9. The van der Waals surface area contributed by atoms with Crippen molar-refractivity contribution in [3.63, 3.8) is 0 Å². The Labute approximate surface area is 205 Å². The van der Waals surface area contributed by atoms with Crippen LogP contribution in [0.3, 0.4) is 0 Å². The summed E-state index contributed by atoms with van der Waals surface area (Å²) in [5, 5.41) is 10.2. The normalized spacial score (nSPS) is 13.7. The van der Waals surface area contributed by atoms with Crippen molar-refractivity contribution in [3.05, 3.63) is 47.4 Å². The van der Waals surface area contributed by atoms with Crippen molar-refractivity contribution in [3.8, 4) is 11.3 Å². The van der Waals surface area contributed by atoms with Crippen LogP contribution in [-0.2, 0) is 24.3 Å². The van der Waals surface area contributed by atoms with Gasteiger partial charge < -0.3 is 14.6 Å². The number of esters is 1. The number of carbonyl (C=O) groups is 1. The first kappa shape index (κ1) is 28.3. The van der Waals surface area contributed by atoms with Crippen molar-refractivity contribution < 1.29 is 32.2 Å². The van der Waals surface area contributed by atoms with Crippen LogP contribution in [0.5, 0.6) is 0 Å². The van der Waals surface area contributed by atoms with Crippen molar-refractivity contribution >= 4 is 28.0 Å². The lowest BCUT2D eigenvalue weighted by Crippen LogP contribution is -2.27. The Bertz CT molecular complexity index is 1150. The van der Waals surface area contributed by atoms with Gasteiger partial charge in [0.1, 0.15) is 5.82 Å². The second kappa shape index (κ2) is 12.2. The molecule has 0 bridgehead atoms. The fourth-order valence-corrected chi connectivity index (χ4v) is 3.66.